The Bertz CT molecular complexity index is 132. The van der Waals surface area contributed by atoms with Crippen LogP contribution in [0.2, 0.25) is 0 Å². The third-order valence-corrected chi connectivity index (χ3v) is 3.23. The van der Waals surface area contributed by atoms with Crippen LogP contribution in [0.25, 0.3) is 0 Å². The lowest BCUT2D eigenvalue weighted by atomic mass is 9.94. The molecule has 0 saturated heterocycles. The number of rotatable bonds is 5. The Morgan fingerprint density at radius 3 is 2.46 bits per heavy atom. The third kappa shape index (κ3) is 2.96. The zero-order chi connectivity index (χ0) is 9.68. The molecule has 0 aromatic carbocycles. The monoisotopic (exact) mass is 185 g/mol. The second kappa shape index (κ2) is 5.61. The first-order chi connectivity index (χ1) is 6.29. The summed E-state index contributed by atoms with van der Waals surface area (Å²) in [6.45, 7) is 5.39. The molecule has 1 saturated carbocycles. The van der Waals surface area contributed by atoms with Crippen LogP contribution < -0.4 is 5.32 Å². The summed E-state index contributed by atoms with van der Waals surface area (Å²) in [5.41, 5.74) is 0. The minimum atomic E-state index is 0.350. The normalized spacial score (nSPS) is 23.3. The molecule has 1 fully saturated rings. The van der Waals surface area contributed by atoms with Crippen LogP contribution >= 0.6 is 0 Å². The second-order valence-electron chi connectivity index (χ2n) is 4.07. The first-order valence-corrected chi connectivity index (χ1v) is 5.55. The number of methoxy groups -OCH3 is 1. The van der Waals surface area contributed by atoms with E-state index >= 15 is 0 Å². The van der Waals surface area contributed by atoms with Gasteiger partial charge in [0.2, 0.25) is 0 Å². The van der Waals surface area contributed by atoms with Crippen molar-refractivity contribution in [1.82, 2.24) is 5.32 Å². The van der Waals surface area contributed by atoms with Crippen molar-refractivity contribution in [2.45, 2.75) is 51.7 Å². The Balaban J connectivity index is 2.44. The fourth-order valence-electron chi connectivity index (χ4n) is 2.41. The molecule has 1 rings (SSSR count). The van der Waals surface area contributed by atoms with Crippen LogP contribution in [0.5, 0.6) is 0 Å². The molecule has 2 heteroatoms. The molecule has 0 spiro atoms. The summed E-state index contributed by atoms with van der Waals surface area (Å²) in [6.07, 6.45) is 5.92. The van der Waals surface area contributed by atoms with E-state index in [9.17, 15) is 0 Å². The standard InChI is InChI=1S/C11H23NO/c1-4-12-11(9(2)13-3)10-7-5-6-8-10/h9-12H,4-8H2,1-3H3. The van der Waals surface area contributed by atoms with Crippen LogP contribution in [0, 0.1) is 5.92 Å². The van der Waals surface area contributed by atoms with Crippen molar-refractivity contribution in [1.29, 1.82) is 0 Å². The van der Waals surface area contributed by atoms with E-state index in [2.05, 4.69) is 19.2 Å². The van der Waals surface area contributed by atoms with Crippen LogP contribution in [0.4, 0.5) is 0 Å². The summed E-state index contributed by atoms with van der Waals surface area (Å²) < 4.78 is 5.41. The van der Waals surface area contributed by atoms with Crippen molar-refractivity contribution >= 4 is 0 Å². The number of nitrogens with one attached hydrogen (secondary N) is 1. The third-order valence-electron chi connectivity index (χ3n) is 3.23. The molecule has 0 amide bonds. The van der Waals surface area contributed by atoms with E-state index in [1.807, 2.05) is 7.11 Å². The van der Waals surface area contributed by atoms with Gasteiger partial charge in [0, 0.05) is 13.2 Å². The van der Waals surface area contributed by atoms with Crippen LogP contribution in [-0.2, 0) is 4.74 Å². The molecule has 2 atom stereocenters. The van der Waals surface area contributed by atoms with E-state index in [1.165, 1.54) is 25.7 Å². The summed E-state index contributed by atoms with van der Waals surface area (Å²) >= 11 is 0. The van der Waals surface area contributed by atoms with Crippen molar-refractivity contribution in [3.63, 3.8) is 0 Å². The molecular formula is C11H23NO. The summed E-state index contributed by atoms with van der Waals surface area (Å²) in [5, 5.41) is 3.55. The topological polar surface area (TPSA) is 21.3 Å². The maximum atomic E-state index is 5.41. The van der Waals surface area contributed by atoms with Gasteiger partial charge >= 0.3 is 0 Å². The van der Waals surface area contributed by atoms with Gasteiger partial charge in [-0.15, -0.1) is 0 Å². The van der Waals surface area contributed by atoms with Crippen LogP contribution in [0.3, 0.4) is 0 Å². The summed E-state index contributed by atoms with van der Waals surface area (Å²) in [7, 11) is 1.81. The molecule has 78 valence electrons. The summed E-state index contributed by atoms with van der Waals surface area (Å²) in [4.78, 5) is 0. The van der Waals surface area contributed by atoms with Crippen molar-refractivity contribution in [2.24, 2.45) is 5.92 Å². The first-order valence-electron chi connectivity index (χ1n) is 5.55. The Kier molecular flexibility index (Phi) is 4.74. The average molecular weight is 185 g/mol. The van der Waals surface area contributed by atoms with Crippen molar-refractivity contribution < 1.29 is 4.74 Å². The first kappa shape index (κ1) is 11.0. The average Bonchev–Trinajstić information content (AvgIpc) is 2.65. The van der Waals surface area contributed by atoms with E-state index in [-0.39, 0.29) is 0 Å². The summed E-state index contributed by atoms with van der Waals surface area (Å²) in [5.74, 6) is 0.842. The van der Waals surface area contributed by atoms with E-state index in [0.717, 1.165) is 12.5 Å². The van der Waals surface area contributed by atoms with Gasteiger partial charge in [-0.05, 0) is 32.2 Å². The molecule has 13 heavy (non-hydrogen) atoms. The maximum Gasteiger partial charge on any atom is 0.0698 e. The lowest BCUT2D eigenvalue weighted by Crippen LogP contribution is -2.44. The van der Waals surface area contributed by atoms with Crippen LogP contribution in [0.1, 0.15) is 39.5 Å². The Labute approximate surface area is 82.0 Å². The molecule has 0 aliphatic heterocycles. The largest absolute Gasteiger partial charge is 0.380 e. The van der Waals surface area contributed by atoms with Gasteiger partial charge in [-0.3, -0.25) is 0 Å². The molecule has 0 aromatic rings. The molecular weight excluding hydrogens is 162 g/mol. The molecule has 0 radical (unpaired) electrons. The Hall–Kier alpha value is -0.0800. The van der Waals surface area contributed by atoms with Crippen molar-refractivity contribution in [3.05, 3.63) is 0 Å². The van der Waals surface area contributed by atoms with Gasteiger partial charge in [-0.1, -0.05) is 19.8 Å². The highest BCUT2D eigenvalue weighted by molar-refractivity contribution is 4.84. The van der Waals surface area contributed by atoms with E-state index in [1.54, 1.807) is 0 Å². The molecule has 1 aliphatic carbocycles. The van der Waals surface area contributed by atoms with E-state index in [4.69, 9.17) is 4.74 Å². The fraction of sp³-hybridized carbons (Fsp3) is 1.00. The number of likely N-dealkylation sites (N-methyl/N-ethyl adjacent to an activating group) is 1. The number of ether oxygens (including phenoxy) is 1. The van der Waals surface area contributed by atoms with E-state index < -0.39 is 0 Å². The van der Waals surface area contributed by atoms with Gasteiger partial charge in [0.25, 0.3) is 0 Å². The highest BCUT2D eigenvalue weighted by atomic mass is 16.5. The van der Waals surface area contributed by atoms with Gasteiger partial charge in [-0.2, -0.15) is 0 Å². The van der Waals surface area contributed by atoms with Gasteiger partial charge in [-0.25, -0.2) is 0 Å². The molecule has 0 bridgehead atoms. The van der Waals surface area contributed by atoms with Crippen LogP contribution in [-0.4, -0.2) is 25.8 Å². The SMILES string of the molecule is CCNC(C1CCCC1)C(C)OC. The maximum absolute atomic E-state index is 5.41. The number of hydrogen-bond donors (Lipinski definition) is 1. The minimum Gasteiger partial charge on any atom is -0.380 e. The lowest BCUT2D eigenvalue weighted by molar-refractivity contribution is 0.0625. The molecule has 2 unspecified atom stereocenters. The van der Waals surface area contributed by atoms with E-state index in [0.29, 0.717) is 12.1 Å². The van der Waals surface area contributed by atoms with Crippen molar-refractivity contribution in [2.75, 3.05) is 13.7 Å². The van der Waals surface area contributed by atoms with Crippen molar-refractivity contribution in [3.8, 4) is 0 Å². The highest BCUT2D eigenvalue weighted by Gasteiger charge is 2.28. The Morgan fingerprint density at radius 1 is 1.38 bits per heavy atom. The quantitative estimate of drug-likeness (QED) is 0.709. The number of hydrogen-bond acceptors (Lipinski definition) is 2. The smallest absolute Gasteiger partial charge is 0.0698 e. The van der Waals surface area contributed by atoms with Crippen LogP contribution in [0.15, 0.2) is 0 Å². The van der Waals surface area contributed by atoms with Gasteiger partial charge in [0.05, 0.1) is 6.10 Å². The highest BCUT2D eigenvalue weighted by Crippen LogP contribution is 2.29. The minimum absolute atomic E-state index is 0.350. The summed E-state index contributed by atoms with van der Waals surface area (Å²) in [6, 6.07) is 0.567. The molecule has 1 aliphatic rings. The predicted octanol–water partition coefficient (Wildman–Crippen LogP) is 2.19. The lowest BCUT2D eigenvalue weighted by Gasteiger charge is -2.29. The predicted molar refractivity (Wildman–Crippen MR) is 55.9 cm³/mol. The molecule has 0 heterocycles. The second-order valence-corrected chi connectivity index (χ2v) is 4.07. The van der Waals surface area contributed by atoms with Gasteiger partial charge in [0.15, 0.2) is 0 Å². The van der Waals surface area contributed by atoms with Gasteiger partial charge < -0.3 is 10.1 Å². The molecule has 2 nitrogen and oxygen atoms in total. The zero-order valence-electron chi connectivity index (χ0n) is 9.18. The molecule has 0 aromatic heterocycles. The van der Waals surface area contributed by atoms with Gasteiger partial charge in [0.1, 0.15) is 0 Å². The molecule has 1 N–H and O–H groups in total. The zero-order valence-corrected chi connectivity index (χ0v) is 9.18. The Morgan fingerprint density at radius 2 is 2.00 bits per heavy atom. The fourth-order valence-corrected chi connectivity index (χ4v) is 2.41.